The molecule has 0 atom stereocenters. The molecule has 19 heavy (non-hydrogen) atoms. The van der Waals surface area contributed by atoms with Gasteiger partial charge in [0.25, 0.3) is 0 Å². The first-order chi connectivity index (χ1) is 9.19. The first-order valence-electron chi connectivity index (χ1n) is 6.65. The van der Waals surface area contributed by atoms with E-state index in [1.165, 1.54) is 11.3 Å². The van der Waals surface area contributed by atoms with Crippen LogP contribution in [0.15, 0.2) is 0 Å². The monoisotopic (exact) mass is 286 g/mol. The minimum atomic E-state index is -0.358. The summed E-state index contributed by atoms with van der Waals surface area (Å²) in [7, 11) is 0. The van der Waals surface area contributed by atoms with Gasteiger partial charge in [0.05, 0.1) is 13.2 Å². The first kappa shape index (κ1) is 15.9. The van der Waals surface area contributed by atoms with Crippen LogP contribution in [0, 0.1) is 6.92 Å². The van der Waals surface area contributed by atoms with Crippen molar-refractivity contribution in [2.45, 2.75) is 33.6 Å². The summed E-state index contributed by atoms with van der Waals surface area (Å²) in [4.78, 5) is 16.7. The van der Waals surface area contributed by atoms with Crippen LogP contribution in [0.1, 0.15) is 42.1 Å². The van der Waals surface area contributed by atoms with Gasteiger partial charge in [0, 0.05) is 18.0 Å². The van der Waals surface area contributed by atoms with Crippen LogP contribution in [-0.2, 0) is 9.47 Å². The van der Waals surface area contributed by atoms with Gasteiger partial charge < -0.3 is 14.8 Å². The molecule has 0 saturated heterocycles. The molecule has 0 spiro atoms. The number of unbranched alkanes of at least 4 members (excludes halogenated alkanes) is 1. The molecule has 5 nitrogen and oxygen atoms in total. The molecule has 0 aromatic carbocycles. The molecule has 1 aromatic rings. The topological polar surface area (TPSA) is 60.5 Å². The van der Waals surface area contributed by atoms with Crippen molar-refractivity contribution in [1.82, 2.24) is 4.98 Å². The van der Waals surface area contributed by atoms with E-state index in [2.05, 4.69) is 17.2 Å². The number of carbonyl (C=O) groups excluding carboxylic acids is 1. The average molecular weight is 286 g/mol. The van der Waals surface area contributed by atoms with Gasteiger partial charge in [0.1, 0.15) is 0 Å². The Labute approximate surface area is 118 Å². The normalized spacial score (nSPS) is 10.5. The second-order valence-electron chi connectivity index (χ2n) is 4.04. The third-order valence-corrected chi connectivity index (χ3v) is 3.36. The average Bonchev–Trinajstić information content (AvgIpc) is 2.75. The van der Waals surface area contributed by atoms with Crippen molar-refractivity contribution >= 4 is 22.4 Å². The maximum Gasteiger partial charge on any atom is 0.358 e. The number of aromatic nitrogens is 1. The minimum Gasteiger partial charge on any atom is -0.461 e. The number of esters is 1. The second-order valence-corrected chi connectivity index (χ2v) is 5.24. The van der Waals surface area contributed by atoms with Gasteiger partial charge in [-0.25, -0.2) is 9.78 Å². The Morgan fingerprint density at radius 2 is 2.16 bits per heavy atom. The smallest absolute Gasteiger partial charge is 0.358 e. The standard InChI is InChI=1S/C13H22N2O3S/c1-4-6-8-17-9-7-14-13-15-11(10(3)19-13)12(16)18-5-2/h4-9H2,1-3H3,(H,14,15). The molecule has 0 amide bonds. The molecule has 1 N–H and O–H groups in total. The van der Waals surface area contributed by atoms with Crippen LogP contribution in [0.3, 0.4) is 0 Å². The number of anilines is 1. The van der Waals surface area contributed by atoms with Crippen LogP contribution >= 0.6 is 11.3 Å². The minimum absolute atomic E-state index is 0.358. The van der Waals surface area contributed by atoms with Crippen LogP contribution in [0.2, 0.25) is 0 Å². The highest BCUT2D eigenvalue weighted by molar-refractivity contribution is 7.15. The van der Waals surface area contributed by atoms with E-state index < -0.39 is 0 Å². The molecule has 1 heterocycles. The fourth-order valence-corrected chi connectivity index (χ4v) is 2.27. The number of carbonyl (C=O) groups is 1. The summed E-state index contributed by atoms with van der Waals surface area (Å²) in [5, 5.41) is 3.89. The van der Waals surface area contributed by atoms with Gasteiger partial charge in [0.15, 0.2) is 10.8 Å². The van der Waals surface area contributed by atoms with E-state index in [0.29, 0.717) is 25.5 Å². The molecule has 1 aromatic heterocycles. The number of ether oxygens (including phenoxy) is 2. The van der Waals surface area contributed by atoms with E-state index in [-0.39, 0.29) is 5.97 Å². The Morgan fingerprint density at radius 3 is 2.84 bits per heavy atom. The molecule has 0 aliphatic carbocycles. The van der Waals surface area contributed by atoms with Crippen LogP contribution in [0.4, 0.5) is 5.13 Å². The highest BCUT2D eigenvalue weighted by Gasteiger charge is 2.15. The van der Waals surface area contributed by atoms with E-state index in [9.17, 15) is 4.79 Å². The molecule has 0 radical (unpaired) electrons. The van der Waals surface area contributed by atoms with Gasteiger partial charge in [-0.2, -0.15) is 0 Å². The van der Waals surface area contributed by atoms with Crippen LogP contribution in [0.25, 0.3) is 0 Å². The largest absolute Gasteiger partial charge is 0.461 e. The molecule has 6 heteroatoms. The fourth-order valence-electron chi connectivity index (χ4n) is 1.44. The maximum atomic E-state index is 11.6. The zero-order valence-electron chi connectivity index (χ0n) is 11.8. The van der Waals surface area contributed by atoms with Crippen molar-refractivity contribution in [2.75, 3.05) is 31.7 Å². The lowest BCUT2D eigenvalue weighted by Gasteiger charge is -2.03. The predicted octanol–water partition coefficient (Wildman–Crippen LogP) is 2.86. The lowest BCUT2D eigenvalue weighted by atomic mass is 10.4. The van der Waals surface area contributed by atoms with E-state index in [1.807, 2.05) is 6.92 Å². The van der Waals surface area contributed by atoms with E-state index >= 15 is 0 Å². The van der Waals surface area contributed by atoms with Crippen LogP contribution in [-0.4, -0.2) is 37.3 Å². The summed E-state index contributed by atoms with van der Waals surface area (Å²) in [5.41, 5.74) is 0.404. The molecule has 0 aliphatic rings. The second kappa shape index (κ2) is 8.87. The fraction of sp³-hybridized carbons (Fsp3) is 0.692. The predicted molar refractivity (Wildman–Crippen MR) is 77.0 cm³/mol. The summed E-state index contributed by atoms with van der Waals surface area (Å²) in [6.07, 6.45) is 2.23. The van der Waals surface area contributed by atoms with Crippen molar-refractivity contribution in [1.29, 1.82) is 0 Å². The Morgan fingerprint density at radius 1 is 1.37 bits per heavy atom. The molecular formula is C13H22N2O3S. The zero-order chi connectivity index (χ0) is 14.1. The quantitative estimate of drug-likeness (QED) is 0.559. The SMILES string of the molecule is CCCCOCCNc1nc(C(=O)OCC)c(C)s1. The maximum absolute atomic E-state index is 11.6. The molecule has 0 unspecified atom stereocenters. The summed E-state index contributed by atoms with van der Waals surface area (Å²) in [6.45, 7) is 8.29. The van der Waals surface area contributed by atoms with Crippen molar-refractivity contribution < 1.29 is 14.3 Å². The lowest BCUT2D eigenvalue weighted by molar-refractivity contribution is 0.0519. The summed E-state index contributed by atoms with van der Waals surface area (Å²) >= 11 is 1.46. The Balaban J connectivity index is 2.35. The molecule has 0 aliphatic heterocycles. The molecule has 0 fully saturated rings. The number of hydrogen-bond donors (Lipinski definition) is 1. The lowest BCUT2D eigenvalue weighted by Crippen LogP contribution is -2.10. The molecular weight excluding hydrogens is 264 g/mol. The number of nitrogens with one attached hydrogen (secondary N) is 1. The summed E-state index contributed by atoms with van der Waals surface area (Å²) in [5.74, 6) is -0.358. The van der Waals surface area contributed by atoms with Gasteiger partial charge in [-0.3, -0.25) is 0 Å². The first-order valence-corrected chi connectivity index (χ1v) is 7.46. The molecule has 108 valence electrons. The zero-order valence-corrected chi connectivity index (χ0v) is 12.6. The Hall–Kier alpha value is -1.14. The van der Waals surface area contributed by atoms with Crippen molar-refractivity contribution in [3.05, 3.63) is 10.6 Å². The third-order valence-electron chi connectivity index (χ3n) is 2.43. The van der Waals surface area contributed by atoms with Gasteiger partial charge in [-0.1, -0.05) is 13.3 Å². The Bertz CT molecular complexity index is 393. The highest BCUT2D eigenvalue weighted by Crippen LogP contribution is 2.22. The van der Waals surface area contributed by atoms with Gasteiger partial charge in [-0.15, -0.1) is 11.3 Å². The molecule has 1 rings (SSSR count). The third kappa shape index (κ3) is 5.57. The number of nitrogens with zero attached hydrogens (tertiary/aromatic N) is 1. The van der Waals surface area contributed by atoms with E-state index in [1.54, 1.807) is 6.92 Å². The van der Waals surface area contributed by atoms with E-state index in [4.69, 9.17) is 9.47 Å². The Kier molecular flexibility index (Phi) is 7.43. The summed E-state index contributed by atoms with van der Waals surface area (Å²) in [6, 6.07) is 0. The number of hydrogen-bond acceptors (Lipinski definition) is 6. The number of thiazole rings is 1. The van der Waals surface area contributed by atoms with Crippen molar-refractivity contribution in [2.24, 2.45) is 0 Å². The molecule has 0 saturated carbocycles. The number of rotatable bonds is 9. The van der Waals surface area contributed by atoms with Crippen LogP contribution < -0.4 is 5.32 Å². The highest BCUT2D eigenvalue weighted by atomic mass is 32.1. The van der Waals surface area contributed by atoms with E-state index in [0.717, 1.165) is 29.5 Å². The summed E-state index contributed by atoms with van der Waals surface area (Å²) < 4.78 is 10.4. The van der Waals surface area contributed by atoms with Gasteiger partial charge in [0.2, 0.25) is 0 Å². The van der Waals surface area contributed by atoms with Crippen LogP contribution in [0.5, 0.6) is 0 Å². The van der Waals surface area contributed by atoms with Crippen molar-refractivity contribution in [3.63, 3.8) is 0 Å². The number of aryl methyl sites for hydroxylation is 1. The van der Waals surface area contributed by atoms with Gasteiger partial charge >= 0.3 is 5.97 Å². The van der Waals surface area contributed by atoms with Gasteiger partial charge in [-0.05, 0) is 20.3 Å². The van der Waals surface area contributed by atoms with Crippen molar-refractivity contribution in [3.8, 4) is 0 Å². The molecule has 0 bridgehead atoms.